The van der Waals surface area contributed by atoms with Crippen LogP contribution in [0.5, 0.6) is 46.0 Å². The Morgan fingerprint density at radius 1 is 0.350 bits per heavy atom. The van der Waals surface area contributed by atoms with Crippen molar-refractivity contribution in [2.45, 2.75) is 182 Å². The Balaban J connectivity index is 0.855. The van der Waals surface area contributed by atoms with Crippen LogP contribution in [-0.4, -0.2) is 144 Å². The van der Waals surface area contributed by atoms with E-state index < -0.39 is 59.4 Å². The highest BCUT2D eigenvalue weighted by Crippen LogP contribution is 2.59. The number of carbonyl (C=O) groups is 6. The number of hydrogen-bond donors (Lipinski definition) is 2. The molecule has 20 heteroatoms. The van der Waals surface area contributed by atoms with E-state index in [1.165, 1.54) is 9.80 Å². The van der Waals surface area contributed by atoms with Crippen LogP contribution in [0.3, 0.4) is 0 Å². The average Bonchev–Trinajstić information content (AvgIpc) is 1.16. The smallest absolute Gasteiger partial charge is 0.262 e. The van der Waals surface area contributed by atoms with Crippen molar-refractivity contribution in [1.82, 2.24) is 19.6 Å². The van der Waals surface area contributed by atoms with E-state index in [4.69, 9.17) is 37.9 Å². The highest BCUT2D eigenvalue weighted by atomic mass is 16.6. The minimum Gasteiger partial charge on any atom is -0.456 e. The molecule has 2 N–H and O–H groups in total. The number of ether oxygens (including phenoxy) is 8. The summed E-state index contributed by atoms with van der Waals surface area (Å²) in [5, 5.41) is 9.20. The molecular formula is C100H102N6O14. The molecule has 2 saturated carbocycles. The quantitative estimate of drug-likeness (QED) is 0.0153. The fourth-order valence-electron chi connectivity index (χ4n) is 19.5. The molecule has 0 spiro atoms. The lowest BCUT2D eigenvalue weighted by molar-refractivity contribution is -0.122. The van der Waals surface area contributed by atoms with E-state index in [1.807, 2.05) is 177 Å². The number of amides is 6. The normalized spacial score (nSPS) is 19.6. The second kappa shape index (κ2) is 32.5. The molecule has 6 unspecified atom stereocenters. The van der Waals surface area contributed by atoms with Crippen LogP contribution in [0.15, 0.2) is 146 Å². The van der Waals surface area contributed by atoms with Crippen molar-refractivity contribution >= 4 is 89.9 Å². The number of anilines is 2. The summed E-state index contributed by atoms with van der Waals surface area (Å²) in [4.78, 5) is 108. The molecule has 11 aromatic rings. The SMILES string of the molecule is Cc1ccc(Oc2cc3c4c(cc(Oc5ccc(C)cc5C)c5c6c(Oc7ccc(C)cc7C)cc7c8c(cc(Oc9ccc(C)cc9C)c(c2c45)c86)C(=O)N(C(C(=O)Nc2cccc(CN(CC4CO4)CC4CO4)c2)C2CCCCCC2)C7=O)C(=O)N(C(C(=O)Nc2cccc(CN(CC4CO4)CC4CO4)c2)C2CCCCCC2)C3=O)c(C)c1. The Morgan fingerprint density at radius 2 is 0.625 bits per heavy atom. The minimum atomic E-state index is -1.30. The Bertz CT molecular complexity index is 5340. The van der Waals surface area contributed by atoms with E-state index in [0.29, 0.717) is 132 Å². The second-order valence-electron chi connectivity index (χ2n) is 35.1. The molecule has 6 fully saturated rings. The van der Waals surface area contributed by atoms with Crippen molar-refractivity contribution in [2.24, 2.45) is 11.8 Å². The summed E-state index contributed by atoms with van der Waals surface area (Å²) in [6, 6.07) is 43.2. The number of nitrogens with one attached hydrogen (secondary N) is 2. The van der Waals surface area contributed by atoms with Crippen LogP contribution in [0.2, 0.25) is 0 Å². The number of hydrogen-bond acceptors (Lipinski definition) is 16. The molecule has 8 aliphatic rings. The Morgan fingerprint density at radius 3 is 0.883 bits per heavy atom. The van der Waals surface area contributed by atoms with Gasteiger partial charge < -0.3 is 48.5 Å². The first-order valence-electron chi connectivity index (χ1n) is 43.0. The Kier molecular flexibility index (Phi) is 21.3. The summed E-state index contributed by atoms with van der Waals surface area (Å²) in [6.07, 6.45) is 9.79. The molecule has 6 heterocycles. The third-order valence-corrected chi connectivity index (χ3v) is 25.6. The zero-order valence-electron chi connectivity index (χ0n) is 69.5. The first-order valence-corrected chi connectivity index (χ1v) is 43.0. The van der Waals surface area contributed by atoms with Gasteiger partial charge in [0.15, 0.2) is 0 Å². The molecule has 2 aliphatic carbocycles. The standard InChI is InChI=1S/C100H102N6O14/c1-55-27-31-77(59(5)35-55)117-81-41-73-85-74(98(110)105(97(73)109)93(65-21-13-9-10-14-22-65)95(107)101-67-25-17-19-63(39-67)45-103(47-69-51-113-69)48-70-52-114-70)43-83(119-79-33-29-57(3)37-61(79)7)89-90-84(120-80-34-30-58(4)38-62(80)8)44-76-86-75(42-82(88(92(86)90)87(81)91(85)89)118-78-32-28-56(2)36-60(78)6)99(111)106(100(76)112)94(66-23-15-11-12-16-24-66)96(108)102-68-26-18-20-64(40-68)46-104(49-71-53-115-71)50-72-54-116-72/h17-20,25-44,65-66,69-72,93-94H,9-16,21-24,45-54H2,1-8H3,(H,101,107)(H,102,108). The van der Waals surface area contributed by atoms with E-state index in [0.717, 1.165) is 133 Å². The lowest BCUT2D eigenvalue weighted by atomic mass is 9.79. The summed E-state index contributed by atoms with van der Waals surface area (Å²) in [7, 11) is 0. The van der Waals surface area contributed by atoms with Gasteiger partial charge in [0.2, 0.25) is 11.8 Å². The average molecular weight is 1610 g/mol. The van der Waals surface area contributed by atoms with Gasteiger partial charge in [0, 0.05) is 93.7 Å². The summed E-state index contributed by atoms with van der Waals surface area (Å²) in [5.41, 5.74) is 10.3. The molecule has 4 saturated heterocycles. The third kappa shape index (κ3) is 15.9. The van der Waals surface area contributed by atoms with Crippen LogP contribution in [-0.2, 0) is 41.6 Å². The van der Waals surface area contributed by atoms with Crippen molar-refractivity contribution in [2.75, 3.05) is 63.2 Å². The topological polar surface area (TPSA) is 226 Å². The highest BCUT2D eigenvalue weighted by molar-refractivity contribution is 6.45. The van der Waals surface area contributed by atoms with E-state index in [1.54, 1.807) is 24.3 Å². The minimum absolute atomic E-state index is 0.0860. The molecule has 11 aromatic carbocycles. The number of fused-ring (bicyclic) bond motifs is 2. The molecular weight excluding hydrogens is 1510 g/mol. The van der Waals surface area contributed by atoms with E-state index >= 15 is 28.8 Å². The van der Waals surface area contributed by atoms with Crippen molar-refractivity contribution in [3.8, 4) is 46.0 Å². The summed E-state index contributed by atoms with van der Waals surface area (Å²) in [6.45, 7) is 22.8. The third-order valence-electron chi connectivity index (χ3n) is 25.6. The molecule has 120 heavy (non-hydrogen) atoms. The van der Waals surface area contributed by atoms with Crippen molar-refractivity contribution in [1.29, 1.82) is 0 Å². The molecule has 19 rings (SSSR count). The predicted molar refractivity (Wildman–Crippen MR) is 462 cm³/mol. The van der Waals surface area contributed by atoms with Crippen LogP contribution in [0.4, 0.5) is 11.4 Å². The van der Waals surface area contributed by atoms with E-state index in [2.05, 4.69) is 20.4 Å². The zero-order valence-corrected chi connectivity index (χ0v) is 69.5. The van der Waals surface area contributed by atoms with E-state index in [-0.39, 0.29) is 80.4 Å². The van der Waals surface area contributed by atoms with Crippen LogP contribution in [0.1, 0.15) is 174 Å². The highest BCUT2D eigenvalue weighted by Gasteiger charge is 2.50. The van der Waals surface area contributed by atoms with Gasteiger partial charge in [-0.3, -0.25) is 48.4 Å². The number of epoxide rings is 4. The molecule has 20 nitrogen and oxygen atoms in total. The molecule has 0 radical (unpaired) electrons. The lowest BCUT2D eigenvalue weighted by Gasteiger charge is -2.38. The van der Waals surface area contributed by atoms with Crippen molar-refractivity contribution in [3.63, 3.8) is 0 Å². The van der Waals surface area contributed by atoms with Gasteiger partial charge in [0.25, 0.3) is 23.6 Å². The predicted octanol–water partition coefficient (Wildman–Crippen LogP) is 19.7. The number of rotatable bonds is 28. The molecule has 0 aromatic heterocycles. The number of benzene rings is 11. The van der Waals surface area contributed by atoms with Crippen LogP contribution in [0.25, 0.3) is 43.1 Å². The summed E-state index contributed by atoms with van der Waals surface area (Å²) < 4.78 is 53.0. The number of imide groups is 2. The van der Waals surface area contributed by atoms with Crippen LogP contribution >= 0.6 is 0 Å². The Hall–Kier alpha value is -11.1. The number of aryl methyl sites for hydroxylation is 8. The molecule has 6 aliphatic heterocycles. The summed E-state index contributed by atoms with van der Waals surface area (Å²) in [5.74, 6) is -2.27. The molecule has 616 valence electrons. The van der Waals surface area contributed by atoms with Gasteiger partial charge in [-0.05, 0) is 199 Å². The zero-order chi connectivity index (χ0) is 82.5. The van der Waals surface area contributed by atoms with Gasteiger partial charge in [-0.2, -0.15) is 0 Å². The fourth-order valence-corrected chi connectivity index (χ4v) is 19.5. The van der Waals surface area contributed by atoms with Crippen LogP contribution < -0.4 is 29.6 Å². The van der Waals surface area contributed by atoms with Gasteiger partial charge in [0.05, 0.1) is 73.1 Å². The number of carbonyl (C=O) groups excluding carboxylic acids is 6. The molecule has 6 amide bonds. The van der Waals surface area contributed by atoms with Gasteiger partial charge in [-0.25, -0.2) is 0 Å². The van der Waals surface area contributed by atoms with Crippen molar-refractivity contribution in [3.05, 3.63) is 223 Å². The first-order chi connectivity index (χ1) is 58.2. The van der Waals surface area contributed by atoms with Gasteiger partial charge >= 0.3 is 0 Å². The molecule has 0 bridgehead atoms. The van der Waals surface area contributed by atoms with Gasteiger partial charge in [0.1, 0.15) is 58.1 Å². The maximum absolute atomic E-state index is 17.1. The maximum atomic E-state index is 17.1. The molecule has 6 atom stereocenters. The first kappa shape index (κ1) is 78.7. The van der Waals surface area contributed by atoms with E-state index in [9.17, 15) is 0 Å². The fraction of sp³-hybridized carbons (Fsp3) is 0.380. The monoisotopic (exact) mass is 1610 g/mol. The Labute approximate surface area is 699 Å². The maximum Gasteiger partial charge on any atom is 0.262 e. The summed E-state index contributed by atoms with van der Waals surface area (Å²) >= 11 is 0. The van der Waals surface area contributed by atoms with Gasteiger partial charge in [-0.15, -0.1) is 0 Å². The second-order valence-corrected chi connectivity index (χ2v) is 35.1. The van der Waals surface area contributed by atoms with Gasteiger partial charge in [-0.1, -0.05) is 146 Å². The van der Waals surface area contributed by atoms with Crippen molar-refractivity contribution < 1.29 is 66.7 Å². The van der Waals surface area contributed by atoms with Crippen LogP contribution in [0, 0.1) is 67.2 Å². The number of nitrogens with zero attached hydrogens (tertiary/aromatic N) is 4. The lowest BCUT2D eigenvalue weighted by Crippen LogP contribution is -2.55. The largest absolute Gasteiger partial charge is 0.456 e.